The number of hydrogen-bond acceptors (Lipinski definition) is 3. The smallest absolute Gasteiger partial charge is 0.154 e. The van der Waals surface area contributed by atoms with E-state index in [-0.39, 0.29) is 0 Å². The van der Waals surface area contributed by atoms with Gasteiger partial charge in [-0.3, -0.25) is 9.48 Å². The largest absolute Gasteiger partial charge is 0.488 e. The Morgan fingerprint density at radius 2 is 1.92 bits per heavy atom. The molecule has 25 heavy (non-hydrogen) atoms. The highest BCUT2D eigenvalue weighted by atomic mass is 16.5. The number of carbonyl (C=O) groups is 1. The van der Waals surface area contributed by atoms with E-state index in [1.807, 2.05) is 59.4 Å². The second kappa shape index (κ2) is 7.79. The second-order valence-electron chi connectivity index (χ2n) is 6.45. The van der Waals surface area contributed by atoms with Gasteiger partial charge >= 0.3 is 0 Å². The van der Waals surface area contributed by atoms with Crippen molar-refractivity contribution in [2.24, 2.45) is 5.92 Å². The summed E-state index contributed by atoms with van der Waals surface area (Å²) in [6.45, 7) is 5.57. The first-order valence-electron chi connectivity index (χ1n) is 8.45. The third kappa shape index (κ3) is 4.15. The normalized spacial score (nSPS) is 10.8. The van der Waals surface area contributed by atoms with Gasteiger partial charge in [0.15, 0.2) is 6.29 Å². The van der Waals surface area contributed by atoms with E-state index in [1.165, 1.54) is 0 Å². The van der Waals surface area contributed by atoms with Crippen molar-refractivity contribution in [3.05, 3.63) is 72.1 Å². The predicted octanol–water partition coefficient (Wildman–Crippen LogP) is 4.60. The van der Waals surface area contributed by atoms with Gasteiger partial charge in [-0.05, 0) is 23.1 Å². The van der Waals surface area contributed by atoms with Crippen LogP contribution in [-0.2, 0) is 13.2 Å². The summed E-state index contributed by atoms with van der Waals surface area (Å²) in [7, 11) is 0. The van der Waals surface area contributed by atoms with Crippen molar-refractivity contribution < 1.29 is 9.53 Å². The van der Waals surface area contributed by atoms with Crippen LogP contribution in [0.4, 0.5) is 0 Å². The molecule has 0 amide bonds. The molecule has 0 bridgehead atoms. The summed E-state index contributed by atoms with van der Waals surface area (Å²) in [6, 6.07) is 15.6. The highest BCUT2D eigenvalue weighted by Crippen LogP contribution is 2.29. The van der Waals surface area contributed by atoms with Crippen molar-refractivity contribution in [3.8, 4) is 16.9 Å². The molecule has 0 fully saturated rings. The maximum Gasteiger partial charge on any atom is 0.154 e. The lowest BCUT2D eigenvalue weighted by Gasteiger charge is -2.11. The van der Waals surface area contributed by atoms with Crippen LogP contribution < -0.4 is 4.74 Å². The van der Waals surface area contributed by atoms with Crippen molar-refractivity contribution in [2.75, 3.05) is 0 Å². The Morgan fingerprint density at radius 1 is 1.12 bits per heavy atom. The first kappa shape index (κ1) is 17.0. The van der Waals surface area contributed by atoms with E-state index in [1.54, 1.807) is 6.20 Å². The van der Waals surface area contributed by atoms with Gasteiger partial charge in [0.25, 0.3) is 0 Å². The molecule has 0 N–H and O–H groups in total. The molecule has 0 unspecified atom stereocenters. The molecule has 3 aromatic rings. The molecule has 0 saturated heterocycles. The molecule has 0 saturated carbocycles. The Kier molecular flexibility index (Phi) is 5.29. The molecular weight excluding hydrogens is 312 g/mol. The van der Waals surface area contributed by atoms with Gasteiger partial charge < -0.3 is 4.74 Å². The zero-order chi connectivity index (χ0) is 17.6. The lowest BCUT2D eigenvalue weighted by Crippen LogP contribution is -2.04. The van der Waals surface area contributed by atoms with Crippen LogP contribution in [0, 0.1) is 5.92 Å². The van der Waals surface area contributed by atoms with Crippen LogP contribution in [0.3, 0.4) is 0 Å². The van der Waals surface area contributed by atoms with Crippen LogP contribution in [0.25, 0.3) is 11.1 Å². The first-order chi connectivity index (χ1) is 12.2. The summed E-state index contributed by atoms with van der Waals surface area (Å²) in [6.07, 6.45) is 4.63. The zero-order valence-corrected chi connectivity index (χ0v) is 14.6. The minimum Gasteiger partial charge on any atom is -0.488 e. The first-order valence-corrected chi connectivity index (χ1v) is 8.45. The van der Waals surface area contributed by atoms with Gasteiger partial charge in [0.2, 0.25) is 0 Å². The molecule has 1 aromatic heterocycles. The van der Waals surface area contributed by atoms with Gasteiger partial charge in [0, 0.05) is 18.3 Å². The molecule has 4 heteroatoms. The third-order valence-electron chi connectivity index (χ3n) is 3.92. The molecule has 4 nitrogen and oxygen atoms in total. The van der Waals surface area contributed by atoms with Gasteiger partial charge in [-0.2, -0.15) is 5.10 Å². The predicted molar refractivity (Wildman–Crippen MR) is 98.7 cm³/mol. The van der Waals surface area contributed by atoms with Crippen LogP contribution in [-0.4, -0.2) is 16.1 Å². The average molecular weight is 334 g/mol. The Labute approximate surface area is 148 Å². The second-order valence-corrected chi connectivity index (χ2v) is 6.45. The monoisotopic (exact) mass is 334 g/mol. The lowest BCUT2D eigenvalue weighted by molar-refractivity contribution is 0.111. The van der Waals surface area contributed by atoms with Crippen LogP contribution in [0.5, 0.6) is 5.75 Å². The van der Waals surface area contributed by atoms with Crippen molar-refractivity contribution in [2.45, 2.75) is 27.0 Å². The highest BCUT2D eigenvalue weighted by molar-refractivity contribution is 5.90. The fourth-order valence-electron chi connectivity index (χ4n) is 2.76. The molecule has 3 rings (SSSR count). The topological polar surface area (TPSA) is 44.1 Å². The summed E-state index contributed by atoms with van der Waals surface area (Å²) < 4.78 is 7.80. The van der Waals surface area contributed by atoms with E-state index >= 15 is 0 Å². The van der Waals surface area contributed by atoms with Gasteiger partial charge in [-0.15, -0.1) is 0 Å². The minimum absolute atomic E-state index is 0.428. The van der Waals surface area contributed by atoms with Crippen LogP contribution in [0.1, 0.15) is 29.8 Å². The number of aromatic nitrogens is 2. The third-order valence-corrected chi connectivity index (χ3v) is 3.92. The van der Waals surface area contributed by atoms with Crippen molar-refractivity contribution in [1.29, 1.82) is 0 Å². The van der Waals surface area contributed by atoms with E-state index < -0.39 is 0 Å². The summed E-state index contributed by atoms with van der Waals surface area (Å²) in [5.74, 6) is 1.10. The van der Waals surface area contributed by atoms with Crippen LogP contribution >= 0.6 is 0 Å². The maximum absolute atomic E-state index is 11.7. The van der Waals surface area contributed by atoms with Gasteiger partial charge in [-0.25, -0.2) is 0 Å². The fourth-order valence-corrected chi connectivity index (χ4v) is 2.76. The number of ether oxygens (including phenoxy) is 1. The Balaban J connectivity index is 1.85. The van der Waals surface area contributed by atoms with E-state index in [2.05, 4.69) is 18.9 Å². The van der Waals surface area contributed by atoms with Crippen LogP contribution in [0.2, 0.25) is 0 Å². The number of aldehydes is 1. The van der Waals surface area contributed by atoms with Gasteiger partial charge in [0.05, 0.1) is 11.8 Å². The average Bonchev–Trinajstić information content (AvgIpc) is 3.08. The van der Waals surface area contributed by atoms with E-state index in [0.717, 1.165) is 29.5 Å². The Bertz CT molecular complexity index is 838. The van der Waals surface area contributed by atoms with Crippen molar-refractivity contribution >= 4 is 6.29 Å². The van der Waals surface area contributed by atoms with Crippen LogP contribution in [0.15, 0.2) is 60.9 Å². The quantitative estimate of drug-likeness (QED) is 0.593. The number of carbonyl (C=O) groups excluding carboxylic acids is 1. The van der Waals surface area contributed by atoms with E-state index in [4.69, 9.17) is 4.74 Å². The molecule has 0 aliphatic carbocycles. The number of nitrogens with zero attached hydrogens (tertiary/aromatic N) is 2. The molecule has 1 heterocycles. The number of rotatable bonds is 7. The Morgan fingerprint density at radius 3 is 2.64 bits per heavy atom. The zero-order valence-electron chi connectivity index (χ0n) is 14.6. The van der Waals surface area contributed by atoms with Gasteiger partial charge in [0.1, 0.15) is 12.4 Å². The lowest BCUT2D eigenvalue weighted by atomic mass is 10.0. The minimum atomic E-state index is 0.428. The molecule has 0 atom stereocenters. The molecule has 2 aromatic carbocycles. The standard InChI is InChI=1S/C21H22N2O2/c1-16(2)12-23-13-18(11-22-23)19-9-6-10-21(20(19)14-24)25-15-17-7-4-3-5-8-17/h3-11,13-14,16H,12,15H2,1-2H3. The molecule has 0 radical (unpaired) electrons. The van der Waals surface area contributed by atoms with E-state index in [0.29, 0.717) is 23.8 Å². The summed E-state index contributed by atoms with van der Waals surface area (Å²) in [5, 5.41) is 4.39. The Hall–Kier alpha value is -2.88. The summed E-state index contributed by atoms with van der Waals surface area (Å²) >= 11 is 0. The molecule has 0 spiro atoms. The number of hydrogen-bond donors (Lipinski definition) is 0. The van der Waals surface area contributed by atoms with E-state index in [9.17, 15) is 4.79 Å². The molecular formula is C21H22N2O2. The fraction of sp³-hybridized carbons (Fsp3) is 0.238. The summed E-state index contributed by atoms with van der Waals surface area (Å²) in [4.78, 5) is 11.7. The summed E-state index contributed by atoms with van der Waals surface area (Å²) in [5.41, 5.74) is 3.39. The number of benzene rings is 2. The molecule has 128 valence electrons. The van der Waals surface area contributed by atoms with Crippen molar-refractivity contribution in [3.63, 3.8) is 0 Å². The SMILES string of the molecule is CC(C)Cn1cc(-c2cccc(OCc3ccccc3)c2C=O)cn1. The molecule has 0 aliphatic rings. The van der Waals surface area contributed by atoms with Gasteiger partial charge in [-0.1, -0.05) is 56.3 Å². The maximum atomic E-state index is 11.7. The highest BCUT2D eigenvalue weighted by Gasteiger charge is 2.13. The van der Waals surface area contributed by atoms with Crippen molar-refractivity contribution in [1.82, 2.24) is 9.78 Å². The molecule has 0 aliphatic heterocycles.